The Kier molecular flexibility index (Phi) is 11.2. The van der Waals surface area contributed by atoms with E-state index in [2.05, 4.69) is 21.2 Å². The highest BCUT2D eigenvalue weighted by atomic mass is 35.5. The number of urea groups is 1. The molecule has 1 aliphatic rings. The van der Waals surface area contributed by atoms with Crippen molar-refractivity contribution in [3.8, 4) is 23.0 Å². The average Bonchev–Trinajstić information content (AvgIpc) is 3.03. The number of ether oxygens (including phenoxy) is 5. The van der Waals surface area contributed by atoms with E-state index >= 15 is 0 Å². The Morgan fingerprint density at radius 2 is 1.69 bits per heavy atom. The van der Waals surface area contributed by atoms with E-state index in [4.69, 9.17) is 35.3 Å². The zero-order valence-corrected chi connectivity index (χ0v) is 25.9. The van der Waals surface area contributed by atoms with Gasteiger partial charge in [-0.2, -0.15) is 5.10 Å². The Labute approximate surface area is 265 Å². The van der Waals surface area contributed by atoms with Crippen LogP contribution in [-0.4, -0.2) is 51.6 Å². The number of nitrogens with one attached hydrogen (secondary N) is 3. The Hall–Kier alpha value is -5.23. The number of carbonyl (C=O) groups is 3. The molecule has 0 bridgehead atoms. The van der Waals surface area contributed by atoms with Gasteiger partial charge < -0.3 is 34.3 Å². The van der Waals surface area contributed by atoms with Gasteiger partial charge in [-0.25, -0.2) is 15.0 Å². The summed E-state index contributed by atoms with van der Waals surface area (Å²) in [5, 5.41) is 9.92. The quantitative estimate of drug-likeness (QED) is 0.140. The largest absolute Gasteiger partial charge is 0.493 e. The molecule has 0 aliphatic carbocycles. The van der Waals surface area contributed by atoms with Crippen molar-refractivity contribution in [2.24, 2.45) is 5.10 Å². The van der Waals surface area contributed by atoms with E-state index in [1.54, 1.807) is 56.3 Å². The summed E-state index contributed by atoms with van der Waals surface area (Å²) in [6.07, 6.45) is 1.46. The number of hydrogen-bond acceptors (Lipinski definition) is 9. The van der Waals surface area contributed by atoms with Crippen LogP contribution >= 0.6 is 11.6 Å². The summed E-state index contributed by atoms with van der Waals surface area (Å²) in [7, 11) is 2.96. The maximum Gasteiger partial charge on any atom is 0.338 e. The van der Waals surface area contributed by atoms with Crippen LogP contribution in [0.25, 0.3) is 0 Å². The lowest BCUT2D eigenvalue weighted by Gasteiger charge is -2.28. The summed E-state index contributed by atoms with van der Waals surface area (Å²) in [6.45, 7) is 3.41. The van der Waals surface area contributed by atoms with Crippen molar-refractivity contribution in [1.29, 1.82) is 0 Å². The Bertz CT molecular complexity index is 1620. The van der Waals surface area contributed by atoms with Crippen molar-refractivity contribution in [3.63, 3.8) is 0 Å². The molecule has 3 aromatic rings. The number of allylic oxidation sites excluding steroid dienone is 1. The number of amides is 3. The molecule has 3 aromatic carbocycles. The summed E-state index contributed by atoms with van der Waals surface area (Å²) in [6, 6.07) is 16.2. The number of benzene rings is 3. The molecule has 45 heavy (non-hydrogen) atoms. The average molecular weight is 637 g/mol. The SMILES string of the molecule is CCOC(=O)C1=C(C)NC(=O)N[C@@H]1c1ccc(OCC(=O)N/N=C\c2ccc(OCc3ccccc3Cl)c(OC)c2)c(OC)c1. The molecule has 13 heteroatoms. The van der Waals surface area contributed by atoms with Gasteiger partial charge in [-0.15, -0.1) is 0 Å². The third-order valence-electron chi connectivity index (χ3n) is 6.58. The van der Waals surface area contributed by atoms with Crippen LogP contribution in [0, 0.1) is 0 Å². The van der Waals surface area contributed by atoms with Crippen LogP contribution in [0.1, 0.15) is 36.6 Å². The molecule has 0 saturated heterocycles. The van der Waals surface area contributed by atoms with Gasteiger partial charge in [0.25, 0.3) is 5.91 Å². The number of nitrogens with zero attached hydrogens (tertiary/aromatic N) is 1. The molecule has 0 unspecified atom stereocenters. The van der Waals surface area contributed by atoms with Crippen molar-refractivity contribution in [2.45, 2.75) is 26.5 Å². The highest BCUT2D eigenvalue weighted by Crippen LogP contribution is 2.35. The van der Waals surface area contributed by atoms with Gasteiger partial charge in [-0.05, 0) is 61.4 Å². The third-order valence-corrected chi connectivity index (χ3v) is 6.94. The molecule has 0 radical (unpaired) electrons. The first-order valence-electron chi connectivity index (χ1n) is 13.9. The van der Waals surface area contributed by atoms with E-state index in [1.165, 1.54) is 20.4 Å². The molecular weight excluding hydrogens is 604 g/mol. The summed E-state index contributed by atoms with van der Waals surface area (Å²) >= 11 is 6.20. The number of rotatable bonds is 13. The van der Waals surface area contributed by atoms with Crippen LogP contribution < -0.4 is 35.0 Å². The Morgan fingerprint density at radius 3 is 2.42 bits per heavy atom. The molecule has 12 nitrogen and oxygen atoms in total. The van der Waals surface area contributed by atoms with Gasteiger partial charge in [0.15, 0.2) is 29.6 Å². The maximum atomic E-state index is 12.6. The second-order valence-electron chi connectivity index (χ2n) is 9.57. The zero-order valence-electron chi connectivity index (χ0n) is 25.1. The van der Waals surface area contributed by atoms with E-state index < -0.39 is 23.9 Å². The monoisotopic (exact) mass is 636 g/mol. The van der Waals surface area contributed by atoms with E-state index in [9.17, 15) is 14.4 Å². The highest BCUT2D eigenvalue weighted by molar-refractivity contribution is 6.31. The molecule has 236 valence electrons. The Balaban J connectivity index is 1.35. The van der Waals surface area contributed by atoms with Crippen LogP contribution in [0.15, 0.2) is 77.0 Å². The smallest absolute Gasteiger partial charge is 0.338 e. The fourth-order valence-corrected chi connectivity index (χ4v) is 4.61. The van der Waals surface area contributed by atoms with E-state index in [1.807, 2.05) is 18.2 Å². The molecule has 0 aromatic heterocycles. The number of esters is 1. The second kappa shape index (κ2) is 15.5. The third kappa shape index (κ3) is 8.45. The summed E-state index contributed by atoms with van der Waals surface area (Å²) in [5.74, 6) is 0.508. The lowest BCUT2D eigenvalue weighted by atomic mass is 9.95. The van der Waals surface area contributed by atoms with Crippen molar-refractivity contribution < 1.29 is 38.1 Å². The van der Waals surface area contributed by atoms with E-state index in [0.29, 0.717) is 39.1 Å². The van der Waals surface area contributed by atoms with Gasteiger partial charge >= 0.3 is 12.0 Å². The zero-order chi connectivity index (χ0) is 32.3. The first-order chi connectivity index (χ1) is 21.7. The Morgan fingerprint density at radius 1 is 0.978 bits per heavy atom. The molecular formula is C32H33ClN4O8. The number of hydrogen-bond donors (Lipinski definition) is 3. The predicted octanol–water partition coefficient (Wildman–Crippen LogP) is 4.66. The number of hydrazone groups is 1. The van der Waals surface area contributed by atoms with Gasteiger partial charge in [-0.1, -0.05) is 35.9 Å². The van der Waals surface area contributed by atoms with Crippen molar-refractivity contribution >= 4 is 35.7 Å². The van der Waals surface area contributed by atoms with E-state index in [-0.39, 0.29) is 31.1 Å². The standard InChI is InChI=1S/C32H33ClN4O8/c1-5-43-31(39)29-19(2)35-32(40)36-30(29)21-11-13-25(27(15-21)42-4)45-18-28(38)37-34-16-20-10-12-24(26(14-20)41-3)44-17-22-8-6-7-9-23(22)33/h6-16,30H,5,17-18H2,1-4H3,(H,37,38)(H2,35,36,40)/b34-16-/t30-/m1/s1. The summed E-state index contributed by atoms with van der Waals surface area (Å²) < 4.78 is 27.6. The van der Waals surface area contributed by atoms with Crippen molar-refractivity contribution in [2.75, 3.05) is 27.4 Å². The fourth-order valence-electron chi connectivity index (χ4n) is 4.42. The summed E-state index contributed by atoms with van der Waals surface area (Å²) in [4.78, 5) is 37.2. The molecule has 3 N–H and O–H groups in total. The van der Waals surface area contributed by atoms with Gasteiger partial charge in [0.05, 0.1) is 38.7 Å². The number of methoxy groups -OCH3 is 2. The lowest BCUT2D eigenvalue weighted by Crippen LogP contribution is -2.45. The second-order valence-corrected chi connectivity index (χ2v) is 9.98. The summed E-state index contributed by atoms with van der Waals surface area (Å²) in [5.41, 5.74) is 5.12. The minimum Gasteiger partial charge on any atom is -0.493 e. The minimum absolute atomic E-state index is 0.180. The molecule has 4 rings (SSSR count). The molecule has 1 atom stereocenters. The van der Waals surface area contributed by atoms with Gasteiger partial charge in [0, 0.05) is 16.3 Å². The molecule has 1 aliphatic heterocycles. The molecule has 3 amide bonds. The topological polar surface area (TPSA) is 146 Å². The first-order valence-corrected chi connectivity index (χ1v) is 14.2. The fraction of sp³-hybridized carbons (Fsp3) is 0.250. The van der Waals surface area contributed by atoms with Crippen LogP contribution in [-0.2, 0) is 20.9 Å². The normalized spacial score (nSPS) is 14.3. The maximum absolute atomic E-state index is 12.6. The van der Waals surface area contributed by atoms with Gasteiger partial charge in [0.1, 0.15) is 6.61 Å². The minimum atomic E-state index is -0.778. The van der Waals surface area contributed by atoms with E-state index in [0.717, 1.165) is 5.56 Å². The highest BCUT2D eigenvalue weighted by Gasteiger charge is 2.32. The molecule has 0 fully saturated rings. The molecule has 1 heterocycles. The number of halogens is 1. The van der Waals surface area contributed by atoms with Crippen molar-refractivity contribution in [3.05, 3.63) is 93.6 Å². The molecule has 0 spiro atoms. The van der Waals surface area contributed by atoms with Crippen LogP contribution in [0.3, 0.4) is 0 Å². The lowest BCUT2D eigenvalue weighted by molar-refractivity contribution is -0.139. The van der Waals surface area contributed by atoms with Crippen LogP contribution in [0.2, 0.25) is 5.02 Å². The predicted molar refractivity (Wildman–Crippen MR) is 167 cm³/mol. The van der Waals surface area contributed by atoms with Gasteiger partial charge in [-0.3, -0.25) is 4.79 Å². The van der Waals surface area contributed by atoms with Crippen molar-refractivity contribution in [1.82, 2.24) is 16.1 Å². The van der Waals surface area contributed by atoms with Crippen LogP contribution in [0.5, 0.6) is 23.0 Å². The van der Waals surface area contributed by atoms with Gasteiger partial charge in [0.2, 0.25) is 0 Å². The van der Waals surface area contributed by atoms with Crippen LogP contribution in [0.4, 0.5) is 4.79 Å². The first kappa shape index (κ1) is 32.7. The number of carbonyl (C=O) groups excluding carboxylic acids is 3. The molecule has 0 saturated carbocycles.